The van der Waals surface area contributed by atoms with Crippen molar-refractivity contribution in [3.8, 4) is 0 Å². The molecule has 4 nitrogen and oxygen atoms in total. The number of sulfonamides is 1. The predicted molar refractivity (Wildman–Crippen MR) is 85.7 cm³/mol. The third kappa shape index (κ3) is 4.19. The van der Waals surface area contributed by atoms with Crippen LogP contribution < -0.4 is 10.5 Å². The van der Waals surface area contributed by atoms with E-state index in [-0.39, 0.29) is 22.9 Å². The summed E-state index contributed by atoms with van der Waals surface area (Å²) < 4.78 is 27.8. The Morgan fingerprint density at radius 3 is 2.76 bits per heavy atom. The van der Waals surface area contributed by atoms with E-state index in [1.54, 1.807) is 12.1 Å². The summed E-state index contributed by atoms with van der Waals surface area (Å²) in [7, 11) is -3.52. The van der Waals surface area contributed by atoms with Crippen molar-refractivity contribution in [1.82, 2.24) is 4.72 Å². The fourth-order valence-corrected chi connectivity index (χ4v) is 4.48. The summed E-state index contributed by atoms with van der Waals surface area (Å²) in [4.78, 5) is 0.232. The first-order chi connectivity index (χ1) is 9.73. The van der Waals surface area contributed by atoms with Crippen molar-refractivity contribution in [1.29, 1.82) is 0 Å². The van der Waals surface area contributed by atoms with Gasteiger partial charge in [-0.2, -0.15) is 0 Å². The SMILES string of the molecule is CC1(C)CCCC(NS(=O)(=O)c2ccc(Cl)c(CN)c2)C1. The highest BCUT2D eigenvalue weighted by molar-refractivity contribution is 7.89. The first-order valence-corrected chi connectivity index (χ1v) is 9.10. The molecule has 1 aliphatic rings. The summed E-state index contributed by atoms with van der Waals surface area (Å²) in [6.07, 6.45) is 3.95. The zero-order valence-corrected chi connectivity index (χ0v) is 14.1. The average molecular weight is 331 g/mol. The second-order valence-electron chi connectivity index (χ2n) is 6.54. The Hall–Kier alpha value is -0.620. The van der Waals surface area contributed by atoms with E-state index in [2.05, 4.69) is 18.6 Å². The fourth-order valence-electron chi connectivity index (χ4n) is 2.96. The minimum atomic E-state index is -3.52. The molecule has 0 aromatic heterocycles. The summed E-state index contributed by atoms with van der Waals surface area (Å²) >= 11 is 5.98. The van der Waals surface area contributed by atoms with Gasteiger partial charge in [0.1, 0.15) is 0 Å². The third-order valence-electron chi connectivity index (χ3n) is 4.07. The van der Waals surface area contributed by atoms with Crippen molar-refractivity contribution in [3.05, 3.63) is 28.8 Å². The van der Waals surface area contributed by atoms with E-state index in [1.165, 1.54) is 6.07 Å². The molecule has 1 unspecified atom stereocenters. The van der Waals surface area contributed by atoms with E-state index < -0.39 is 10.0 Å². The summed E-state index contributed by atoms with van der Waals surface area (Å²) in [6.45, 7) is 4.59. The van der Waals surface area contributed by atoms with Crippen LogP contribution >= 0.6 is 11.6 Å². The Labute approximate surface area is 132 Å². The number of hydrogen-bond acceptors (Lipinski definition) is 3. The van der Waals surface area contributed by atoms with Crippen LogP contribution in [0, 0.1) is 5.41 Å². The van der Waals surface area contributed by atoms with Crippen LogP contribution in [0.4, 0.5) is 0 Å². The van der Waals surface area contributed by atoms with E-state index in [9.17, 15) is 8.42 Å². The van der Waals surface area contributed by atoms with Gasteiger partial charge in [0.2, 0.25) is 10.0 Å². The Kier molecular flexibility index (Phi) is 4.98. The molecule has 1 atom stereocenters. The lowest BCUT2D eigenvalue weighted by molar-refractivity contribution is 0.212. The van der Waals surface area contributed by atoms with E-state index in [1.807, 2.05) is 0 Å². The number of hydrogen-bond donors (Lipinski definition) is 2. The Balaban J connectivity index is 2.18. The maximum atomic E-state index is 12.5. The lowest BCUT2D eigenvalue weighted by Crippen LogP contribution is -2.40. The number of halogens is 1. The standard InChI is InChI=1S/C15H23ClN2O2S/c1-15(2)7-3-4-12(9-15)18-21(19,20)13-5-6-14(16)11(8-13)10-17/h5-6,8,12,18H,3-4,7,9-10,17H2,1-2H3. The van der Waals surface area contributed by atoms with Gasteiger partial charge in [-0.3, -0.25) is 0 Å². The molecule has 0 spiro atoms. The van der Waals surface area contributed by atoms with Gasteiger partial charge in [-0.15, -0.1) is 0 Å². The number of nitrogens with two attached hydrogens (primary N) is 1. The van der Waals surface area contributed by atoms with Gasteiger partial charge in [-0.25, -0.2) is 13.1 Å². The first-order valence-electron chi connectivity index (χ1n) is 7.24. The van der Waals surface area contributed by atoms with Crippen LogP contribution in [0.15, 0.2) is 23.1 Å². The van der Waals surface area contributed by atoms with Gasteiger partial charge in [-0.1, -0.05) is 31.9 Å². The number of nitrogens with one attached hydrogen (secondary N) is 1. The molecule has 0 radical (unpaired) electrons. The van der Waals surface area contributed by atoms with E-state index >= 15 is 0 Å². The van der Waals surface area contributed by atoms with Crippen molar-refractivity contribution >= 4 is 21.6 Å². The van der Waals surface area contributed by atoms with Gasteiger partial charge in [0, 0.05) is 17.6 Å². The van der Waals surface area contributed by atoms with Crippen LogP contribution in [-0.2, 0) is 16.6 Å². The van der Waals surface area contributed by atoms with Crippen LogP contribution in [0.5, 0.6) is 0 Å². The molecule has 1 aliphatic carbocycles. The monoisotopic (exact) mass is 330 g/mol. The van der Waals surface area contributed by atoms with E-state index in [0.717, 1.165) is 25.7 Å². The molecular formula is C15H23ClN2O2S. The smallest absolute Gasteiger partial charge is 0.240 e. The van der Waals surface area contributed by atoms with Crippen molar-refractivity contribution in [2.24, 2.45) is 11.1 Å². The van der Waals surface area contributed by atoms with Gasteiger partial charge >= 0.3 is 0 Å². The number of rotatable bonds is 4. The highest BCUT2D eigenvalue weighted by Gasteiger charge is 2.30. The maximum Gasteiger partial charge on any atom is 0.240 e. The highest BCUT2D eigenvalue weighted by atomic mass is 35.5. The van der Waals surface area contributed by atoms with Gasteiger partial charge in [0.05, 0.1) is 4.90 Å². The minimum Gasteiger partial charge on any atom is -0.326 e. The topological polar surface area (TPSA) is 72.2 Å². The van der Waals surface area contributed by atoms with Crippen molar-refractivity contribution in [3.63, 3.8) is 0 Å². The molecule has 1 saturated carbocycles. The lowest BCUT2D eigenvalue weighted by atomic mass is 9.75. The molecule has 21 heavy (non-hydrogen) atoms. The summed E-state index contributed by atoms with van der Waals surface area (Å²) in [5.74, 6) is 0. The molecule has 6 heteroatoms. The zero-order chi connectivity index (χ0) is 15.7. The van der Waals surface area contributed by atoms with Crippen molar-refractivity contribution < 1.29 is 8.42 Å². The molecule has 0 amide bonds. The van der Waals surface area contributed by atoms with Crippen molar-refractivity contribution in [2.75, 3.05) is 0 Å². The molecule has 2 rings (SSSR count). The first kappa shape index (κ1) is 16.7. The molecular weight excluding hydrogens is 308 g/mol. The van der Waals surface area contributed by atoms with Crippen LogP contribution in [0.2, 0.25) is 5.02 Å². The summed E-state index contributed by atoms with van der Waals surface area (Å²) in [5, 5.41) is 0.496. The Bertz CT molecular complexity index is 614. The molecule has 0 heterocycles. The predicted octanol–water partition coefficient (Wildman–Crippen LogP) is 3.05. The third-order valence-corrected chi connectivity index (χ3v) is 5.96. The van der Waals surface area contributed by atoms with Gasteiger partial charge < -0.3 is 5.73 Å². The largest absolute Gasteiger partial charge is 0.326 e. The summed E-state index contributed by atoms with van der Waals surface area (Å²) in [6, 6.07) is 4.66. The molecule has 3 N–H and O–H groups in total. The highest BCUT2D eigenvalue weighted by Crippen LogP contribution is 2.35. The van der Waals surface area contributed by atoms with Gasteiger partial charge in [-0.05, 0) is 48.4 Å². The average Bonchev–Trinajstić information content (AvgIpc) is 2.37. The second kappa shape index (κ2) is 6.24. The van der Waals surface area contributed by atoms with E-state index in [0.29, 0.717) is 10.6 Å². The molecule has 0 bridgehead atoms. The Morgan fingerprint density at radius 2 is 2.14 bits per heavy atom. The van der Waals surface area contributed by atoms with Crippen LogP contribution in [0.1, 0.15) is 45.1 Å². The normalized spacial score (nSPS) is 22.2. The maximum absolute atomic E-state index is 12.5. The molecule has 118 valence electrons. The molecule has 1 fully saturated rings. The molecule has 1 aromatic carbocycles. The fraction of sp³-hybridized carbons (Fsp3) is 0.600. The minimum absolute atomic E-state index is 0.00393. The van der Waals surface area contributed by atoms with Crippen LogP contribution in [0.25, 0.3) is 0 Å². The molecule has 0 aliphatic heterocycles. The van der Waals surface area contributed by atoms with Gasteiger partial charge in [0.25, 0.3) is 0 Å². The molecule has 1 aromatic rings. The van der Waals surface area contributed by atoms with E-state index in [4.69, 9.17) is 17.3 Å². The Morgan fingerprint density at radius 1 is 1.43 bits per heavy atom. The second-order valence-corrected chi connectivity index (χ2v) is 8.66. The molecule has 0 saturated heterocycles. The van der Waals surface area contributed by atoms with Gasteiger partial charge in [0.15, 0.2) is 0 Å². The summed E-state index contributed by atoms with van der Waals surface area (Å²) in [5.41, 5.74) is 6.41. The zero-order valence-electron chi connectivity index (χ0n) is 12.5. The number of benzene rings is 1. The van der Waals surface area contributed by atoms with Crippen LogP contribution in [-0.4, -0.2) is 14.5 Å². The van der Waals surface area contributed by atoms with Crippen molar-refractivity contribution in [2.45, 2.75) is 57.0 Å². The van der Waals surface area contributed by atoms with Crippen LogP contribution in [0.3, 0.4) is 0 Å². The lowest BCUT2D eigenvalue weighted by Gasteiger charge is -2.35. The quantitative estimate of drug-likeness (QED) is 0.891.